The van der Waals surface area contributed by atoms with Gasteiger partial charge in [0, 0.05) is 10.4 Å². The van der Waals surface area contributed by atoms with Crippen molar-refractivity contribution >= 4 is 29.6 Å². The second-order valence-electron chi connectivity index (χ2n) is 2.50. The van der Waals surface area contributed by atoms with Crippen molar-refractivity contribution in [3.8, 4) is 0 Å². The summed E-state index contributed by atoms with van der Waals surface area (Å²) >= 11 is 6.83. The van der Waals surface area contributed by atoms with Gasteiger partial charge in [0.05, 0.1) is 4.91 Å². The monoisotopic (exact) mass is 212 g/mol. The third-order valence-corrected chi connectivity index (χ3v) is 3.04. The molecule has 0 spiro atoms. The van der Waals surface area contributed by atoms with Gasteiger partial charge in [-0.15, -0.1) is 0 Å². The molecule has 0 bridgehead atoms. The van der Waals surface area contributed by atoms with Gasteiger partial charge in [-0.2, -0.15) is 0 Å². The van der Waals surface area contributed by atoms with E-state index in [2.05, 4.69) is 0 Å². The predicted octanol–water partition coefficient (Wildman–Crippen LogP) is 3.37. The van der Waals surface area contributed by atoms with E-state index in [9.17, 15) is 4.79 Å². The number of rotatable bonds is 3. The summed E-state index contributed by atoms with van der Waals surface area (Å²) in [6.07, 6.45) is 0.754. The summed E-state index contributed by atoms with van der Waals surface area (Å²) in [6.45, 7) is 2.00. The first-order chi connectivity index (χ1) is 6.27. The number of hydrogen-bond acceptors (Lipinski definition) is 2. The van der Waals surface area contributed by atoms with Crippen LogP contribution in [0, 0.1) is 6.92 Å². The van der Waals surface area contributed by atoms with Crippen molar-refractivity contribution in [3.63, 3.8) is 0 Å². The Kier molecular flexibility index (Phi) is 4.06. The molecule has 0 unspecified atom stereocenters. The number of allylic oxidation sites excluding steroid dienone is 1. The summed E-state index contributed by atoms with van der Waals surface area (Å²) in [5, 5.41) is 0. The number of aldehydes is 1. The zero-order chi connectivity index (χ0) is 9.68. The maximum Gasteiger partial charge on any atom is 0.157 e. The van der Waals surface area contributed by atoms with Gasteiger partial charge in [-0.05, 0) is 18.6 Å². The molecule has 0 fully saturated rings. The average Bonchev–Trinajstić information content (AvgIpc) is 2.17. The quantitative estimate of drug-likeness (QED) is 0.434. The van der Waals surface area contributed by atoms with E-state index in [1.807, 2.05) is 31.2 Å². The molecule has 0 saturated heterocycles. The molecule has 0 heterocycles. The highest BCUT2D eigenvalue weighted by atomic mass is 35.5. The Morgan fingerprint density at radius 3 is 2.69 bits per heavy atom. The number of carbonyl (C=O) groups is 1. The van der Waals surface area contributed by atoms with Gasteiger partial charge in [-0.1, -0.05) is 41.6 Å². The highest BCUT2D eigenvalue weighted by Gasteiger charge is 2.00. The van der Waals surface area contributed by atoms with Crippen LogP contribution in [0.5, 0.6) is 0 Å². The molecule has 3 heteroatoms. The molecular formula is C10H9ClOS. The fourth-order valence-corrected chi connectivity index (χ4v) is 1.78. The van der Waals surface area contributed by atoms with Crippen LogP contribution < -0.4 is 0 Å². The standard InChI is InChI=1S/C10H9ClOS/c1-8-4-2-3-5-10(8)13-9(6-11)7-12/h2-7H,1H3/b9-6+. The molecule has 0 atom stereocenters. The van der Waals surface area contributed by atoms with E-state index in [1.54, 1.807) is 0 Å². The molecular weight excluding hydrogens is 204 g/mol. The van der Waals surface area contributed by atoms with Crippen LogP contribution in [0.1, 0.15) is 5.56 Å². The van der Waals surface area contributed by atoms with E-state index < -0.39 is 0 Å². The topological polar surface area (TPSA) is 17.1 Å². The number of benzene rings is 1. The highest BCUT2D eigenvalue weighted by Crippen LogP contribution is 2.28. The fraction of sp³-hybridized carbons (Fsp3) is 0.100. The largest absolute Gasteiger partial charge is 0.297 e. The number of halogens is 1. The van der Waals surface area contributed by atoms with Gasteiger partial charge >= 0.3 is 0 Å². The molecule has 0 aliphatic rings. The molecule has 1 rings (SSSR count). The second kappa shape index (κ2) is 5.10. The first-order valence-electron chi connectivity index (χ1n) is 3.77. The van der Waals surface area contributed by atoms with E-state index in [0.29, 0.717) is 4.91 Å². The van der Waals surface area contributed by atoms with E-state index in [-0.39, 0.29) is 0 Å². The maximum absolute atomic E-state index is 10.5. The Morgan fingerprint density at radius 1 is 1.46 bits per heavy atom. The summed E-state index contributed by atoms with van der Waals surface area (Å²) in [5.41, 5.74) is 2.44. The molecule has 0 saturated carbocycles. The summed E-state index contributed by atoms with van der Waals surface area (Å²) in [7, 11) is 0. The molecule has 68 valence electrons. The van der Waals surface area contributed by atoms with Crippen LogP contribution in [0.25, 0.3) is 0 Å². The van der Waals surface area contributed by atoms with Gasteiger partial charge in [-0.25, -0.2) is 0 Å². The minimum Gasteiger partial charge on any atom is -0.297 e. The zero-order valence-electron chi connectivity index (χ0n) is 7.16. The van der Waals surface area contributed by atoms with Gasteiger partial charge in [0.15, 0.2) is 6.29 Å². The van der Waals surface area contributed by atoms with E-state index in [4.69, 9.17) is 11.6 Å². The molecule has 0 radical (unpaired) electrons. The minimum absolute atomic E-state index is 0.524. The van der Waals surface area contributed by atoms with Crippen LogP contribution in [-0.2, 0) is 4.79 Å². The lowest BCUT2D eigenvalue weighted by Crippen LogP contribution is -1.81. The van der Waals surface area contributed by atoms with Crippen LogP contribution in [0.15, 0.2) is 39.6 Å². The van der Waals surface area contributed by atoms with Gasteiger partial charge in [0.1, 0.15) is 0 Å². The molecule has 0 N–H and O–H groups in total. The Hall–Kier alpha value is -0.730. The Labute approximate surface area is 86.8 Å². The molecule has 0 aromatic heterocycles. The van der Waals surface area contributed by atoms with Crippen molar-refractivity contribution in [3.05, 3.63) is 40.3 Å². The van der Waals surface area contributed by atoms with E-state index in [0.717, 1.165) is 16.7 Å². The highest BCUT2D eigenvalue weighted by molar-refractivity contribution is 8.04. The van der Waals surface area contributed by atoms with Gasteiger partial charge in [0.2, 0.25) is 0 Å². The summed E-state index contributed by atoms with van der Waals surface area (Å²) < 4.78 is 0. The average molecular weight is 213 g/mol. The summed E-state index contributed by atoms with van der Waals surface area (Å²) in [5.74, 6) is 0. The number of aryl methyl sites for hydroxylation is 1. The first kappa shape index (κ1) is 10.4. The molecule has 1 aromatic rings. The zero-order valence-corrected chi connectivity index (χ0v) is 8.73. The Bertz CT molecular complexity index is 333. The second-order valence-corrected chi connectivity index (χ2v) is 3.83. The fourth-order valence-electron chi connectivity index (χ4n) is 0.870. The van der Waals surface area contributed by atoms with Gasteiger partial charge in [-0.3, -0.25) is 4.79 Å². The smallest absolute Gasteiger partial charge is 0.157 e. The lowest BCUT2D eigenvalue weighted by Gasteiger charge is -2.02. The summed E-state index contributed by atoms with van der Waals surface area (Å²) in [4.78, 5) is 12.1. The van der Waals surface area contributed by atoms with E-state index >= 15 is 0 Å². The Morgan fingerprint density at radius 2 is 2.15 bits per heavy atom. The minimum atomic E-state index is 0.524. The molecule has 0 aliphatic heterocycles. The van der Waals surface area contributed by atoms with Crippen LogP contribution in [0.2, 0.25) is 0 Å². The van der Waals surface area contributed by atoms with Crippen molar-refractivity contribution in [2.75, 3.05) is 0 Å². The molecule has 0 amide bonds. The maximum atomic E-state index is 10.5. The van der Waals surface area contributed by atoms with Crippen molar-refractivity contribution < 1.29 is 4.79 Å². The molecule has 1 nitrogen and oxygen atoms in total. The van der Waals surface area contributed by atoms with Crippen LogP contribution >= 0.6 is 23.4 Å². The third-order valence-electron chi connectivity index (χ3n) is 1.55. The van der Waals surface area contributed by atoms with Crippen molar-refractivity contribution in [2.24, 2.45) is 0 Å². The van der Waals surface area contributed by atoms with Crippen LogP contribution in [0.3, 0.4) is 0 Å². The first-order valence-corrected chi connectivity index (χ1v) is 5.02. The third kappa shape index (κ3) is 2.90. The predicted molar refractivity (Wildman–Crippen MR) is 57.0 cm³/mol. The number of carbonyl (C=O) groups excluding carboxylic acids is 1. The Balaban J connectivity index is 2.85. The lowest BCUT2D eigenvalue weighted by atomic mass is 10.2. The van der Waals surface area contributed by atoms with Crippen molar-refractivity contribution in [2.45, 2.75) is 11.8 Å². The van der Waals surface area contributed by atoms with Crippen LogP contribution in [-0.4, -0.2) is 6.29 Å². The van der Waals surface area contributed by atoms with Gasteiger partial charge < -0.3 is 0 Å². The molecule has 0 aliphatic carbocycles. The van der Waals surface area contributed by atoms with Crippen LogP contribution in [0.4, 0.5) is 0 Å². The van der Waals surface area contributed by atoms with Crippen molar-refractivity contribution in [1.82, 2.24) is 0 Å². The number of thioether (sulfide) groups is 1. The van der Waals surface area contributed by atoms with E-state index in [1.165, 1.54) is 17.3 Å². The lowest BCUT2D eigenvalue weighted by molar-refractivity contribution is -0.104. The summed E-state index contributed by atoms with van der Waals surface area (Å²) in [6, 6.07) is 7.86. The molecule has 13 heavy (non-hydrogen) atoms. The van der Waals surface area contributed by atoms with Crippen molar-refractivity contribution in [1.29, 1.82) is 0 Å². The normalized spacial score (nSPS) is 11.4. The van der Waals surface area contributed by atoms with Gasteiger partial charge in [0.25, 0.3) is 0 Å². The SMILES string of the molecule is Cc1ccccc1S/C(C=O)=C/Cl. The number of hydrogen-bond donors (Lipinski definition) is 0. The molecule has 1 aromatic carbocycles.